The first-order chi connectivity index (χ1) is 12.4. The molecule has 26 heavy (non-hydrogen) atoms. The first-order valence-electron chi connectivity index (χ1n) is 8.91. The lowest BCUT2D eigenvalue weighted by Crippen LogP contribution is -2.56. The zero-order chi connectivity index (χ0) is 18.7. The number of aromatic nitrogens is 2. The minimum absolute atomic E-state index is 0.00840. The molecule has 1 aliphatic rings. The van der Waals surface area contributed by atoms with E-state index in [2.05, 4.69) is 21.4 Å². The van der Waals surface area contributed by atoms with Crippen molar-refractivity contribution in [1.29, 1.82) is 0 Å². The predicted octanol–water partition coefficient (Wildman–Crippen LogP) is 3.06. The molecule has 0 unspecified atom stereocenters. The molecule has 2 aromatic rings. The van der Waals surface area contributed by atoms with E-state index < -0.39 is 5.60 Å². The van der Waals surface area contributed by atoms with Crippen LogP contribution < -0.4 is 9.64 Å². The van der Waals surface area contributed by atoms with Crippen LogP contribution >= 0.6 is 11.6 Å². The van der Waals surface area contributed by atoms with E-state index in [1.807, 2.05) is 17.3 Å². The molecule has 0 bridgehead atoms. The molecule has 0 atom stereocenters. The summed E-state index contributed by atoms with van der Waals surface area (Å²) in [7, 11) is 0. The van der Waals surface area contributed by atoms with Gasteiger partial charge in [0.15, 0.2) is 5.60 Å². The summed E-state index contributed by atoms with van der Waals surface area (Å²) >= 11 is 5.90. The van der Waals surface area contributed by atoms with Crippen LogP contribution in [-0.4, -0.2) is 52.1 Å². The van der Waals surface area contributed by atoms with Crippen molar-refractivity contribution >= 4 is 23.5 Å². The van der Waals surface area contributed by atoms with Gasteiger partial charge in [0.25, 0.3) is 5.91 Å². The molecular weight excluding hydrogens is 352 g/mol. The maximum atomic E-state index is 12.9. The Balaban J connectivity index is 1.61. The van der Waals surface area contributed by atoms with Gasteiger partial charge in [0.1, 0.15) is 5.75 Å². The lowest BCUT2D eigenvalue weighted by Gasteiger charge is -2.39. The second-order valence-electron chi connectivity index (χ2n) is 6.86. The summed E-state index contributed by atoms with van der Waals surface area (Å²) in [5, 5.41) is 0.642. The number of imidazole rings is 1. The Morgan fingerprint density at radius 2 is 1.85 bits per heavy atom. The van der Waals surface area contributed by atoms with Crippen molar-refractivity contribution < 1.29 is 9.53 Å². The van der Waals surface area contributed by atoms with Gasteiger partial charge in [-0.25, -0.2) is 4.98 Å². The third kappa shape index (κ3) is 3.96. The number of ether oxygens (including phenoxy) is 1. The number of halogens is 1. The number of carbonyl (C=O) groups excluding carboxylic acids is 1. The van der Waals surface area contributed by atoms with Gasteiger partial charge in [-0.15, -0.1) is 0 Å². The molecule has 1 aliphatic heterocycles. The maximum absolute atomic E-state index is 12.9. The highest BCUT2D eigenvalue weighted by atomic mass is 35.5. The molecule has 0 spiro atoms. The molecular formula is C19H25ClN4O2. The van der Waals surface area contributed by atoms with Crippen LogP contribution in [-0.2, 0) is 11.3 Å². The van der Waals surface area contributed by atoms with Crippen molar-refractivity contribution in [3.05, 3.63) is 41.7 Å². The van der Waals surface area contributed by atoms with E-state index in [1.54, 1.807) is 38.1 Å². The zero-order valence-electron chi connectivity index (χ0n) is 15.5. The number of aryl methyl sites for hydroxylation is 1. The molecule has 1 aromatic heterocycles. The van der Waals surface area contributed by atoms with Gasteiger partial charge < -0.3 is 19.1 Å². The maximum Gasteiger partial charge on any atom is 0.266 e. The summed E-state index contributed by atoms with van der Waals surface area (Å²) in [6, 6.07) is 7.07. The fourth-order valence-electron chi connectivity index (χ4n) is 3.16. The first-order valence-corrected chi connectivity index (χ1v) is 9.28. The minimum Gasteiger partial charge on any atom is -0.478 e. The van der Waals surface area contributed by atoms with Crippen LogP contribution in [0.15, 0.2) is 36.7 Å². The Morgan fingerprint density at radius 3 is 2.46 bits per heavy atom. The van der Waals surface area contributed by atoms with Crippen LogP contribution in [0.5, 0.6) is 5.75 Å². The number of carbonyl (C=O) groups is 1. The van der Waals surface area contributed by atoms with Gasteiger partial charge in [-0.05, 0) is 45.0 Å². The largest absolute Gasteiger partial charge is 0.478 e. The normalized spacial score (nSPS) is 15.2. The van der Waals surface area contributed by atoms with E-state index in [-0.39, 0.29) is 5.91 Å². The zero-order valence-corrected chi connectivity index (χ0v) is 16.2. The molecule has 0 aliphatic carbocycles. The van der Waals surface area contributed by atoms with Crippen molar-refractivity contribution in [3.63, 3.8) is 0 Å². The fraction of sp³-hybridized carbons (Fsp3) is 0.474. The standard InChI is InChI=1S/C19H25ClN4O2/c1-4-22-10-9-21-18(22)24-13-11-23(12-14-24)17(25)19(2,3)26-16-7-5-15(20)6-8-16/h5-10H,4,11-14H2,1-3H3. The Morgan fingerprint density at radius 1 is 1.19 bits per heavy atom. The van der Waals surface area contributed by atoms with Crippen LogP contribution in [0.4, 0.5) is 5.95 Å². The van der Waals surface area contributed by atoms with E-state index in [1.165, 1.54) is 0 Å². The van der Waals surface area contributed by atoms with E-state index in [4.69, 9.17) is 16.3 Å². The fourth-order valence-corrected chi connectivity index (χ4v) is 3.29. The number of nitrogens with zero attached hydrogens (tertiary/aromatic N) is 4. The molecule has 1 aromatic carbocycles. The number of rotatable bonds is 5. The van der Waals surface area contributed by atoms with E-state index in [9.17, 15) is 4.79 Å². The van der Waals surface area contributed by atoms with Gasteiger partial charge in [0, 0.05) is 50.1 Å². The summed E-state index contributed by atoms with van der Waals surface area (Å²) in [6.45, 7) is 9.43. The Bertz CT molecular complexity index is 749. The minimum atomic E-state index is -0.933. The Labute approximate surface area is 159 Å². The summed E-state index contributed by atoms with van der Waals surface area (Å²) in [4.78, 5) is 21.5. The average Bonchev–Trinajstić information content (AvgIpc) is 3.12. The van der Waals surface area contributed by atoms with E-state index >= 15 is 0 Å². The molecule has 140 valence electrons. The topological polar surface area (TPSA) is 50.6 Å². The summed E-state index contributed by atoms with van der Waals surface area (Å²) < 4.78 is 8.04. The molecule has 1 amide bonds. The van der Waals surface area contributed by atoms with Gasteiger partial charge in [0.2, 0.25) is 5.95 Å². The van der Waals surface area contributed by atoms with Crippen LogP contribution in [0.1, 0.15) is 20.8 Å². The number of piperazine rings is 1. The number of hydrogen-bond acceptors (Lipinski definition) is 4. The summed E-state index contributed by atoms with van der Waals surface area (Å²) in [6.07, 6.45) is 3.80. The van der Waals surface area contributed by atoms with Crippen LogP contribution in [0, 0.1) is 0 Å². The van der Waals surface area contributed by atoms with Crippen molar-refractivity contribution in [2.45, 2.75) is 32.9 Å². The Hall–Kier alpha value is -2.21. The highest BCUT2D eigenvalue weighted by Gasteiger charge is 2.36. The summed E-state index contributed by atoms with van der Waals surface area (Å²) in [5.41, 5.74) is -0.933. The lowest BCUT2D eigenvalue weighted by molar-refractivity contribution is -0.145. The number of amides is 1. The van der Waals surface area contributed by atoms with Crippen LogP contribution in [0.25, 0.3) is 0 Å². The smallest absolute Gasteiger partial charge is 0.266 e. The third-order valence-electron chi connectivity index (χ3n) is 4.59. The van der Waals surface area contributed by atoms with E-state index in [0.717, 1.165) is 25.6 Å². The van der Waals surface area contributed by atoms with Crippen molar-refractivity contribution in [3.8, 4) is 5.75 Å². The van der Waals surface area contributed by atoms with Gasteiger partial charge in [-0.2, -0.15) is 0 Å². The van der Waals surface area contributed by atoms with Crippen LogP contribution in [0.3, 0.4) is 0 Å². The van der Waals surface area contributed by atoms with Gasteiger partial charge in [-0.3, -0.25) is 4.79 Å². The number of benzene rings is 1. The molecule has 7 heteroatoms. The number of anilines is 1. The molecule has 1 fully saturated rings. The molecule has 6 nitrogen and oxygen atoms in total. The van der Waals surface area contributed by atoms with Crippen molar-refractivity contribution in [2.75, 3.05) is 31.1 Å². The van der Waals surface area contributed by atoms with Crippen LogP contribution in [0.2, 0.25) is 5.02 Å². The van der Waals surface area contributed by atoms with Gasteiger partial charge in [0.05, 0.1) is 0 Å². The average molecular weight is 377 g/mol. The lowest BCUT2D eigenvalue weighted by atomic mass is 10.1. The first kappa shape index (κ1) is 18.6. The highest BCUT2D eigenvalue weighted by Crippen LogP contribution is 2.23. The second kappa shape index (κ2) is 7.58. The Kier molecular flexibility index (Phi) is 5.41. The molecule has 0 N–H and O–H groups in total. The highest BCUT2D eigenvalue weighted by molar-refractivity contribution is 6.30. The molecule has 0 radical (unpaired) electrons. The van der Waals surface area contributed by atoms with Gasteiger partial charge in [-0.1, -0.05) is 11.6 Å². The third-order valence-corrected chi connectivity index (χ3v) is 4.84. The molecule has 0 saturated carbocycles. The monoisotopic (exact) mass is 376 g/mol. The quantitative estimate of drug-likeness (QED) is 0.804. The van der Waals surface area contributed by atoms with E-state index in [0.29, 0.717) is 23.9 Å². The predicted molar refractivity (Wildman–Crippen MR) is 103 cm³/mol. The number of hydrogen-bond donors (Lipinski definition) is 0. The molecule has 3 rings (SSSR count). The van der Waals surface area contributed by atoms with Crippen molar-refractivity contribution in [1.82, 2.24) is 14.5 Å². The SMILES string of the molecule is CCn1ccnc1N1CCN(C(=O)C(C)(C)Oc2ccc(Cl)cc2)CC1. The van der Waals surface area contributed by atoms with Gasteiger partial charge >= 0.3 is 0 Å². The second-order valence-corrected chi connectivity index (χ2v) is 7.30. The molecule has 2 heterocycles. The summed E-state index contributed by atoms with van der Waals surface area (Å²) in [5.74, 6) is 1.60. The molecule has 1 saturated heterocycles. The van der Waals surface area contributed by atoms with Crippen molar-refractivity contribution in [2.24, 2.45) is 0 Å².